The van der Waals surface area contributed by atoms with Crippen molar-refractivity contribution in [2.24, 2.45) is 5.16 Å². The quantitative estimate of drug-likeness (QED) is 0.368. The van der Waals surface area contributed by atoms with E-state index in [4.69, 9.17) is 16.8 Å². The van der Waals surface area contributed by atoms with Crippen molar-refractivity contribution in [3.63, 3.8) is 0 Å². The number of nitrogens with one attached hydrogen (secondary N) is 1. The number of aromatic nitrogens is 2. The predicted molar refractivity (Wildman–Crippen MR) is 109 cm³/mol. The summed E-state index contributed by atoms with van der Waals surface area (Å²) in [6.07, 6.45) is 2.81. The molecule has 0 radical (unpaired) electrons. The fraction of sp³-hybridized carbons (Fsp3) is 0.143. The molecule has 3 rings (SSSR count). The van der Waals surface area contributed by atoms with Gasteiger partial charge in [-0.1, -0.05) is 22.8 Å². The molecule has 0 aliphatic rings. The highest BCUT2D eigenvalue weighted by atomic mass is 35.5. The molecule has 0 aliphatic heterocycles. The highest BCUT2D eigenvalue weighted by molar-refractivity contribution is 6.69. The van der Waals surface area contributed by atoms with E-state index in [9.17, 15) is 9.18 Å². The third kappa shape index (κ3) is 4.94. The first-order valence-electron chi connectivity index (χ1n) is 8.75. The zero-order chi connectivity index (χ0) is 21.0. The number of benzene rings is 1. The maximum Gasteiger partial charge on any atom is 0.251 e. The number of hydrogen-bond acceptors (Lipinski definition) is 5. The summed E-state index contributed by atoms with van der Waals surface area (Å²) in [6.45, 7) is 3.67. The molecule has 0 aliphatic carbocycles. The van der Waals surface area contributed by atoms with Gasteiger partial charge in [0.25, 0.3) is 5.91 Å². The Hall–Kier alpha value is -3.32. The number of hydrogen-bond donors (Lipinski definition) is 2. The van der Waals surface area contributed by atoms with Gasteiger partial charge in [0, 0.05) is 22.9 Å². The van der Waals surface area contributed by atoms with Gasteiger partial charge < -0.3 is 10.5 Å². The van der Waals surface area contributed by atoms with Crippen LogP contribution in [0.1, 0.15) is 40.1 Å². The second kappa shape index (κ2) is 8.79. The summed E-state index contributed by atoms with van der Waals surface area (Å²) in [5, 5.41) is 14.7. The van der Waals surface area contributed by atoms with E-state index in [0.717, 1.165) is 11.8 Å². The molecule has 2 N–H and O–H groups in total. The van der Waals surface area contributed by atoms with E-state index in [0.29, 0.717) is 28.1 Å². The molecule has 1 aromatic carbocycles. The Balaban J connectivity index is 1.94. The van der Waals surface area contributed by atoms with Gasteiger partial charge in [0.05, 0.1) is 23.6 Å². The van der Waals surface area contributed by atoms with Crippen LogP contribution in [-0.2, 0) is 0 Å². The fourth-order valence-corrected chi connectivity index (χ4v) is 2.83. The lowest BCUT2D eigenvalue weighted by Crippen LogP contribution is -2.27. The Morgan fingerprint density at radius 1 is 1.14 bits per heavy atom. The van der Waals surface area contributed by atoms with Crippen molar-refractivity contribution < 1.29 is 14.4 Å². The number of carbonyl (C=O) groups excluding carboxylic acids is 1. The molecule has 3 aromatic rings. The van der Waals surface area contributed by atoms with Crippen LogP contribution in [0.3, 0.4) is 0 Å². The molecule has 1 atom stereocenters. The number of oxime groups is 1. The van der Waals surface area contributed by atoms with Crippen molar-refractivity contribution >= 4 is 22.7 Å². The maximum absolute atomic E-state index is 13.1. The summed E-state index contributed by atoms with van der Waals surface area (Å²) in [6, 6.07) is 10.9. The van der Waals surface area contributed by atoms with E-state index in [1.807, 2.05) is 19.1 Å². The summed E-state index contributed by atoms with van der Waals surface area (Å²) in [5.74, 6) is -0.839. The van der Waals surface area contributed by atoms with Crippen molar-refractivity contribution in [3.05, 3.63) is 83.1 Å². The fourth-order valence-electron chi connectivity index (χ4n) is 2.72. The molecule has 0 spiro atoms. The molecular formula is C21H18ClFN4O2. The van der Waals surface area contributed by atoms with E-state index < -0.39 is 11.9 Å². The smallest absolute Gasteiger partial charge is 0.251 e. The SMILES string of the molecule is Cc1ccc(-c2cc(C(=O)N[C@H](C)c3ccc(F)cn3)cc(/C(Cl)=N/O)c2)nc1. The average molecular weight is 413 g/mol. The molecule has 148 valence electrons. The highest BCUT2D eigenvalue weighted by Gasteiger charge is 2.16. The lowest BCUT2D eigenvalue weighted by molar-refractivity contribution is 0.0939. The molecule has 0 saturated carbocycles. The van der Waals surface area contributed by atoms with Crippen LogP contribution in [0.5, 0.6) is 0 Å². The molecule has 29 heavy (non-hydrogen) atoms. The minimum atomic E-state index is -0.451. The Bertz CT molecular complexity index is 1050. The number of halogens is 2. The van der Waals surface area contributed by atoms with Crippen molar-refractivity contribution in [2.45, 2.75) is 19.9 Å². The summed E-state index contributed by atoms with van der Waals surface area (Å²) in [4.78, 5) is 21.2. The van der Waals surface area contributed by atoms with Crippen LogP contribution in [-0.4, -0.2) is 26.3 Å². The molecule has 0 saturated heterocycles. The highest BCUT2D eigenvalue weighted by Crippen LogP contribution is 2.23. The summed E-state index contributed by atoms with van der Waals surface area (Å²) in [7, 11) is 0. The minimum absolute atomic E-state index is 0.152. The van der Waals surface area contributed by atoms with Crippen molar-refractivity contribution in [1.82, 2.24) is 15.3 Å². The zero-order valence-corrected chi connectivity index (χ0v) is 16.5. The molecular weight excluding hydrogens is 395 g/mol. The first-order chi connectivity index (χ1) is 13.9. The van der Waals surface area contributed by atoms with Gasteiger partial charge >= 0.3 is 0 Å². The summed E-state index contributed by atoms with van der Waals surface area (Å²) < 4.78 is 13.1. The summed E-state index contributed by atoms with van der Waals surface area (Å²) in [5.41, 5.74) is 3.47. The monoisotopic (exact) mass is 412 g/mol. The van der Waals surface area contributed by atoms with Gasteiger partial charge in [-0.05, 0) is 55.8 Å². The van der Waals surface area contributed by atoms with Gasteiger partial charge in [-0.15, -0.1) is 0 Å². The molecule has 0 unspecified atom stereocenters. The van der Waals surface area contributed by atoms with Gasteiger partial charge in [0.1, 0.15) is 5.82 Å². The molecule has 2 heterocycles. The van der Waals surface area contributed by atoms with Crippen LogP contribution in [0.4, 0.5) is 4.39 Å². The Labute approximate surface area is 172 Å². The molecule has 6 nitrogen and oxygen atoms in total. The zero-order valence-electron chi connectivity index (χ0n) is 15.7. The Kier molecular flexibility index (Phi) is 6.19. The Morgan fingerprint density at radius 3 is 2.52 bits per heavy atom. The van der Waals surface area contributed by atoms with E-state index in [1.54, 1.807) is 25.3 Å². The van der Waals surface area contributed by atoms with Crippen molar-refractivity contribution in [2.75, 3.05) is 0 Å². The van der Waals surface area contributed by atoms with E-state index >= 15 is 0 Å². The van der Waals surface area contributed by atoms with Crippen LogP contribution >= 0.6 is 11.6 Å². The van der Waals surface area contributed by atoms with Crippen LogP contribution in [0.15, 0.2) is 60.0 Å². The van der Waals surface area contributed by atoms with Crippen molar-refractivity contribution in [3.8, 4) is 11.3 Å². The van der Waals surface area contributed by atoms with Crippen LogP contribution in [0.25, 0.3) is 11.3 Å². The number of nitrogens with zero attached hydrogens (tertiary/aromatic N) is 3. The summed E-state index contributed by atoms with van der Waals surface area (Å²) >= 11 is 5.97. The van der Waals surface area contributed by atoms with Gasteiger partial charge in [-0.2, -0.15) is 0 Å². The van der Waals surface area contributed by atoms with Gasteiger partial charge in [-0.3, -0.25) is 14.8 Å². The Morgan fingerprint density at radius 2 is 1.90 bits per heavy atom. The number of carbonyl (C=O) groups is 1. The predicted octanol–water partition coefficient (Wildman–Crippen LogP) is 4.46. The minimum Gasteiger partial charge on any atom is -0.410 e. The van der Waals surface area contributed by atoms with Gasteiger partial charge in [0.15, 0.2) is 5.17 Å². The standard InChI is InChI=1S/C21H18ClFN4O2/c1-12-3-5-19(24-10-12)14-7-15(20(22)27-29)9-16(8-14)21(28)26-13(2)18-6-4-17(23)11-25-18/h3-11,13,29H,1-2H3,(H,26,28)/b27-20-/t13-/m1/s1. The molecule has 0 bridgehead atoms. The molecule has 1 amide bonds. The number of pyridine rings is 2. The largest absolute Gasteiger partial charge is 0.410 e. The number of amides is 1. The second-order valence-electron chi connectivity index (χ2n) is 6.51. The first-order valence-corrected chi connectivity index (χ1v) is 9.13. The first kappa shape index (κ1) is 20.4. The van der Waals surface area contributed by atoms with Gasteiger partial charge in [0.2, 0.25) is 0 Å². The van der Waals surface area contributed by atoms with Crippen LogP contribution in [0, 0.1) is 12.7 Å². The van der Waals surface area contributed by atoms with E-state index in [-0.39, 0.29) is 11.1 Å². The van der Waals surface area contributed by atoms with Gasteiger partial charge in [-0.25, -0.2) is 4.39 Å². The molecule has 2 aromatic heterocycles. The van der Waals surface area contributed by atoms with Crippen LogP contribution in [0.2, 0.25) is 0 Å². The molecule has 8 heteroatoms. The normalized spacial score (nSPS) is 12.5. The van der Waals surface area contributed by atoms with E-state index in [2.05, 4.69) is 20.4 Å². The average Bonchev–Trinajstić information content (AvgIpc) is 2.73. The third-order valence-electron chi connectivity index (χ3n) is 4.27. The third-order valence-corrected chi connectivity index (χ3v) is 4.56. The lowest BCUT2D eigenvalue weighted by Gasteiger charge is -2.15. The maximum atomic E-state index is 13.1. The lowest BCUT2D eigenvalue weighted by atomic mass is 10.0. The second-order valence-corrected chi connectivity index (χ2v) is 6.87. The molecule has 0 fully saturated rings. The number of aryl methyl sites for hydroxylation is 1. The van der Waals surface area contributed by atoms with Crippen LogP contribution < -0.4 is 5.32 Å². The van der Waals surface area contributed by atoms with E-state index in [1.165, 1.54) is 18.2 Å². The topological polar surface area (TPSA) is 87.5 Å². The number of rotatable bonds is 5. The van der Waals surface area contributed by atoms with Crippen molar-refractivity contribution in [1.29, 1.82) is 0 Å².